The van der Waals surface area contributed by atoms with E-state index in [0.29, 0.717) is 17.5 Å². The molecule has 0 radical (unpaired) electrons. The lowest BCUT2D eigenvalue weighted by Gasteiger charge is -2.16. The minimum atomic E-state index is 0.591. The van der Waals surface area contributed by atoms with Crippen molar-refractivity contribution in [3.8, 4) is 67.7 Å². The summed E-state index contributed by atoms with van der Waals surface area (Å²) in [4.78, 5) is 21.0. The maximum Gasteiger partial charge on any atom is 0.165 e. The highest BCUT2D eigenvalue weighted by Crippen LogP contribution is 2.47. The predicted molar refractivity (Wildman–Crippen MR) is 265 cm³/mol. The van der Waals surface area contributed by atoms with Gasteiger partial charge in [0.1, 0.15) is 11.2 Å². The zero-order chi connectivity index (χ0) is 42.1. The van der Waals surface area contributed by atoms with Crippen molar-refractivity contribution >= 4 is 75.1 Å². The van der Waals surface area contributed by atoms with Gasteiger partial charge in [-0.05, 0) is 53.1 Å². The van der Waals surface area contributed by atoms with Gasteiger partial charge in [-0.15, -0.1) is 11.3 Å². The number of furan rings is 1. The molecule has 0 aliphatic rings. The number of hydrogen-bond donors (Lipinski definition) is 0. The maximum atomic E-state index is 6.72. The molecule has 13 rings (SSSR count). The van der Waals surface area contributed by atoms with Gasteiger partial charge in [0.05, 0.1) is 11.2 Å². The fourth-order valence-electron chi connectivity index (χ4n) is 9.36. The first-order valence-corrected chi connectivity index (χ1v) is 22.2. The van der Waals surface area contributed by atoms with Crippen LogP contribution in [0, 0.1) is 0 Å². The molecule has 13 aromatic rings. The van der Waals surface area contributed by atoms with Gasteiger partial charge in [-0.3, -0.25) is 0 Å². The SMILES string of the molecule is c1ccc(-c2ccc(-c3c4c(cc5c(-c6cccc(-c7nc(-c8ccccc8)nc(-c8cccc9c8sc8ccccc89)n7)c6)nc6ccccc6c35)oc3ccccc34)cc2)cc1. The van der Waals surface area contributed by atoms with Gasteiger partial charge in [0, 0.05) is 74.9 Å². The first-order chi connectivity index (χ1) is 31.7. The van der Waals surface area contributed by atoms with Crippen molar-refractivity contribution in [3.63, 3.8) is 0 Å². The molecule has 0 saturated heterocycles. The lowest BCUT2D eigenvalue weighted by Crippen LogP contribution is -2.00. The summed E-state index contributed by atoms with van der Waals surface area (Å²) in [7, 11) is 0. The molecule has 4 heterocycles. The van der Waals surface area contributed by atoms with E-state index < -0.39 is 0 Å². The Morgan fingerprint density at radius 1 is 0.344 bits per heavy atom. The van der Waals surface area contributed by atoms with Crippen LogP contribution >= 0.6 is 11.3 Å². The molecule has 0 aliphatic heterocycles. The summed E-state index contributed by atoms with van der Waals surface area (Å²) in [5.74, 6) is 1.84. The standard InChI is InChI=1S/C58H34N4OS/c1-3-15-35(16-4-1)36-29-31-37(32-30-36)51-52-43-22-7-10-26-47(43)59-54(46(52)34-49-53(51)44-23-8-11-27-48(44)63-49)39-19-13-20-40(33-39)57-60-56(38-17-5-2-6-18-38)61-58(62-57)45-25-14-24-42-41-21-9-12-28-50(41)64-55(42)45/h1-34H. The second kappa shape index (κ2) is 14.7. The lowest BCUT2D eigenvalue weighted by atomic mass is 9.89. The van der Waals surface area contributed by atoms with Gasteiger partial charge in [-0.1, -0.05) is 170 Å². The molecule has 4 aromatic heterocycles. The van der Waals surface area contributed by atoms with Crippen LogP contribution in [-0.2, 0) is 0 Å². The number of benzene rings is 9. The van der Waals surface area contributed by atoms with Gasteiger partial charge in [-0.2, -0.15) is 0 Å². The van der Waals surface area contributed by atoms with E-state index in [1.807, 2.05) is 24.3 Å². The van der Waals surface area contributed by atoms with Crippen molar-refractivity contribution in [1.29, 1.82) is 0 Å². The van der Waals surface area contributed by atoms with Crippen LogP contribution in [0.3, 0.4) is 0 Å². The van der Waals surface area contributed by atoms with E-state index in [9.17, 15) is 0 Å². The topological polar surface area (TPSA) is 64.7 Å². The Morgan fingerprint density at radius 3 is 1.77 bits per heavy atom. The van der Waals surface area contributed by atoms with Gasteiger partial charge >= 0.3 is 0 Å². The van der Waals surface area contributed by atoms with Crippen LogP contribution < -0.4 is 0 Å². The molecule has 0 spiro atoms. The van der Waals surface area contributed by atoms with Crippen molar-refractivity contribution in [1.82, 2.24) is 19.9 Å². The number of nitrogens with zero attached hydrogens (tertiary/aromatic N) is 4. The highest BCUT2D eigenvalue weighted by Gasteiger charge is 2.23. The van der Waals surface area contributed by atoms with E-state index >= 15 is 0 Å². The summed E-state index contributed by atoms with van der Waals surface area (Å²) in [6.07, 6.45) is 0. The molecule has 0 N–H and O–H groups in total. The van der Waals surface area contributed by atoms with E-state index in [1.165, 1.54) is 26.6 Å². The molecule has 64 heavy (non-hydrogen) atoms. The third-order valence-electron chi connectivity index (χ3n) is 12.3. The Kier molecular flexibility index (Phi) is 8.32. The fraction of sp³-hybridized carbons (Fsp3) is 0. The first kappa shape index (κ1) is 36.3. The van der Waals surface area contributed by atoms with Gasteiger partial charge < -0.3 is 4.42 Å². The van der Waals surface area contributed by atoms with Crippen LogP contribution in [0.2, 0.25) is 0 Å². The minimum absolute atomic E-state index is 0.591. The number of rotatable bonds is 6. The van der Waals surface area contributed by atoms with Gasteiger partial charge in [-0.25, -0.2) is 19.9 Å². The molecule has 0 saturated carbocycles. The molecule has 9 aromatic carbocycles. The van der Waals surface area contributed by atoms with Gasteiger partial charge in [0.15, 0.2) is 17.5 Å². The van der Waals surface area contributed by atoms with E-state index in [2.05, 4.69) is 182 Å². The minimum Gasteiger partial charge on any atom is -0.456 e. The van der Waals surface area contributed by atoms with Crippen molar-refractivity contribution in [2.24, 2.45) is 0 Å². The second-order valence-electron chi connectivity index (χ2n) is 16.1. The monoisotopic (exact) mass is 834 g/mol. The van der Waals surface area contributed by atoms with Crippen molar-refractivity contribution in [2.45, 2.75) is 0 Å². The smallest absolute Gasteiger partial charge is 0.165 e. The molecule has 0 fully saturated rings. The van der Waals surface area contributed by atoms with Crippen LogP contribution in [-0.4, -0.2) is 19.9 Å². The third kappa shape index (κ3) is 5.92. The molecular weight excluding hydrogens is 801 g/mol. The van der Waals surface area contributed by atoms with Crippen LogP contribution in [0.4, 0.5) is 0 Å². The maximum absolute atomic E-state index is 6.72. The van der Waals surface area contributed by atoms with Crippen molar-refractivity contribution in [2.75, 3.05) is 0 Å². The summed E-state index contributed by atoms with van der Waals surface area (Å²) in [5.41, 5.74) is 11.7. The number of hydrogen-bond acceptors (Lipinski definition) is 6. The Balaban J connectivity index is 1.04. The number of pyridine rings is 1. The number of aromatic nitrogens is 4. The summed E-state index contributed by atoms with van der Waals surface area (Å²) < 4.78 is 9.11. The molecular formula is C58H34N4OS. The molecule has 0 bridgehead atoms. The normalized spacial score (nSPS) is 11.8. The Hall–Kier alpha value is -8.32. The zero-order valence-electron chi connectivity index (χ0n) is 34.2. The van der Waals surface area contributed by atoms with E-state index in [0.717, 1.165) is 87.4 Å². The molecule has 6 heteroatoms. The summed E-state index contributed by atoms with van der Waals surface area (Å²) in [6.45, 7) is 0. The molecule has 0 aliphatic carbocycles. The van der Waals surface area contributed by atoms with Crippen LogP contribution in [0.5, 0.6) is 0 Å². The number of fused-ring (bicyclic) bond motifs is 9. The molecule has 0 unspecified atom stereocenters. The van der Waals surface area contributed by atoms with E-state index in [1.54, 1.807) is 11.3 Å². The first-order valence-electron chi connectivity index (χ1n) is 21.4. The number of thiophene rings is 1. The number of para-hydroxylation sites is 2. The van der Waals surface area contributed by atoms with Crippen molar-refractivity contribution in [3.05, 3.63) is 206 Å². The summed E-state index contributed by atoms with van der Waals surface area (Å²) in [5, 5.41) is 7.81. The van der Waals surface area contributed by atoms with Gasteiger partial charge in [0.2, 0.25) is 0 Å². The summed E-state index contributed by atoms with van der Waals surface area (Å²) in [6, 6.07) is 72.0. The van der Waals surface area contributed by atoms with Crippen LogP contribution in [0.15, 0.2) is 211 Å². The molecule has 298 valence electrons. The lowest BCUT2D eigenvalue weighted by molar-refractivity contribution is 0.669. The highest BCUT2D eigenvalue weighted by atomic mass is 32.1. The molecule has 5 nitrogen and oxygen atoms in total. The quantitative estimate of drug-likeness (QED) is 0.156. The van der Waals surface area contributed by atoms with Crippen LogP contribution in [0.25, 0.3) is 131 Å². The van der Waals surface area contributed by atoms with E-state index in [-0.39, 0.29) is 0 Å². The third-order valence-corrected chi connectivity index (χ3v) is 13.5. The van der Waals surface area contributed by atoms with Gasteiger partial charge in [0.25, 0.3) is 0 Å². The Morgan fingerprint density at radius 2 is 0.938 bits per heavy atom. The largest absolute Gasteiger partial charge is 0.456 e. The van der Waals surface area contributed by atoms with Crippen LogP contribution in [0.1, 0.15) is 0 Å². The zero-order valence-corrected chi connectivity index (χ0v) is 35.1. The van der Waals surface area contributed by atoms with E-state index in [4.69, 9.17) is 24.4 Å². The second-order valence-corrected chi connectivity index (χ2v) is 17.2. The summed E-state index contributed by atoms with van der Waals surface area (Å²) >= 11 is 1.77. The molecule has 0 atom stereocenters. The molecule has 0 amide bonds. The van der Waals surface area contributed by atoms with Crippen molar-refractivity contribution < 1.29 is 4.42 Å². The highest BCUT2D eigenvalue weighted by molar-refractivity contribution is 7.26. The fourth-order valence-corrected chi connectivity index (χ4v) is 10.6. The Bertz CT molecular complexity index is 3950. The Labute approximate surface area is 371 Å². The average Bonchev–Trinajstić information content (AvgIpc) is 3.94. The predicted octanol–water partition coefficient (Wildman–Crippen LogP) is 15.8. The average molecular weight is 835 g/mol.